The summed E-state index contributed by atoms with van der Waals surface area (Å²) in [5.41, 5.74) is 2.91. The number of hydroxylamine groups is 1. The summed E-state index contributed by atoms with van der Waals surface area (Å²) in [5.74, 6) is -0.698. The maximum atomic E-state index is 11.9. The fraction of sp³-hybridized carbons (Fsp3) is 0. The monoisotopic (exact) mass is 333 g/mol. The topological polar surface area (TPSA) is 66.4 Å². The number of hydrogen-bond donors (Lipinski definition) is 2. The van der Waals surface area contributed by atoms with Crippen LogP contribution in [0.3, 0.4) is 0 Å². The number of hydrogen-bond acceptors (Lipinski definition) is 4. The second-order valence-electron chi connectivity index (χ2n) is 4.27. The van der Waals surface area contributed by atoms with E-state index in [0.717, 1.165) is 0 Å². The Kier molecular flexibility index (Phi) is 5.66. The quantitative estimate of drug-likeness (QED) is 0.378. The lowest BCUT2D eigenvalue weighted by molar-refractivity contribution is -0.124. The third kappa shape index (κ3) is 4.39. The van der Waals surface area contributed by atoms with Crippen molar-refractivity contribution in [3.05, 3.63) is 68.9 Å². The van der Waals surface area contributed by atoms with Gasteiger partial charge in [0.15, 0.2) is 5.78 Å². The van der Waals surface area contributed by atoms with Gasteiger partial charge in [0.05, 0.1) is 4.88 Å². The Morgan fingerprint density at radius 2 is 2.00 bits per heavy atom. The fourth-order valence-corrected chi connectivity index (χ4v) is 2.55. The van der Waals surface area contributed by atoms with Crippen LogP contribution in [0, 0.1) is 0 Å². The first-order chi connectivity index (χ1) is 10.6. The van der Waals surface area contributed by atoms with Crippen molar-refractivity contribution in [3.8, 4) is 0 Å². The van der Waals surface area contributed by atoms with Crippen LogP contribution in [0.4, 0.5) is 0 Å². The van der Waals surface area contributed by atoms with E-state index in [4.69, 9.17) is 16.8 Å². The molecule has 1 aromatic carbocycles. The van der Waals surface area contributed by atoms with Crippen LogP contribution < -0.4 is 5.48 Å². The molecule has 22 heavy (non-hydrogen) atoms. The van der Waals surface area contributed by atoms with Crippen LogP contribution in [0.2, 0.25) is 5.02 Å². The van der Waals surface area contributed by atoms with Crippen molar-refractivity contribution in [2.45, 2.75) is 0 Å². The number of halogens is 1. The van der Waals surface area contributed by atoms with Crippen LogP contribution in [-0.2, 0) is 4.79 Å². The number of thiophene rings is 1. The summed E-state index contributed by atoms with van der Waals surface area (Å²) in [6, 6.07) is 8.75. The minimum absolute atomic E-state index is 0.0744. The molecule has 0 aliphatic carbocycles. The lowest BCUT2D eigenvalue weighted by atomic mass is 10.1. The highest BCUT2D eigenvalue weighted by Gasteiger charge is 2.03. The van der Waals surface area contributed by atoms with Crippen LogP contribution >= 0.6 is 22.9 Å². The van der Waals surface area contributed by atoms with Crippen molar-refractivity contribution < 1.29 is 14.8 Å². The Morgan fingerprint density at radius 1 is 1.18 bits per heavy atom. The highest BCUT2D eigenvalue weighted by atomic mass is 35.5. The lowest BCUT2D eigenvalue weighted by Crippen LogP contribution is -2.14. The van der Waals surface area contributed by atoms with Crippen LogP contribution in [0.15, 0.2) is 47.9 Å². The molecule has 0 saturated heterocycles. The van der Waals surface area contributed by atoms with Crippen molar-refractivity contribution in [1.29, 1.82) is 0 Å². The van der Waals surface area contributed by atoms with Crippen molar-refractivity contribution in [2.24, 2.45) is 0 Å². The van der Waals surface area contributed by atoms with Gasteiger partial charge in [-0.3, -0.25) is 14.8 Å². The summed E-state index contributed by atoms with van der Waals surface area (Å²) in [7, 11) is 0. The van der Waals surface area contributed by atoms with E-state index in [2.05, 4.69) is 0 Å². The van der Waals surface area contributed by atoms with Gasteiger partial charge < -0.3 is 0 Å². The first kappa shape index (κ1) is 16.2. The Labute approximate surface area is 136 Å². The molecule has 1 heterocycles. The number of carbonyl (C=O) groups excluding carboxylic acids is 2. The van der Waals surface area contributed by atoms with Gasteiger partial charge in [-0.1, -0.05) is 29.8 Å². The molecule has 4 nitrogen and oxygen atoms in total. The van der Waals surface area contributed by atoms with Crippen molar-refractivity contribution in [1.82, 2.24) is 5.48 Å². The minimum Gasteiger partial charge on any atom is -0.288 e. The van der Waals surface area contributed by atoms with E-state index >= 15 is 0 Å². The predicted octanol–water partition coefficient (Wildman–Crippen LogP) is 3.82. The molecule has 1 amide bonds. The molecule has 1 aromatic heterocycles. The number of allylic oxidation sites excluding steroid dienone is 1. The van der Waals surface area contributed by atoms with Gasteiger partial charge in [0.1, 0.15) is 0 Å². The second kappa shape index (κ2) is 7.70. The van der Waals surface area contributed by atoms with E-state index in [1.807, 2.05) is 11.4 Å². The normalized spacial score (nSPS) is 11.2. The fourth-order valence-electron chi connectivity index (χ4n) is 1.66. The molecule has 0 saturated carbocycles. The van der Waals surface area contributed by atoms with Gasteiger partial charge >= 0.3 is 0 Å². The maximum absolute atomic E-state index is 11.9. The molecule has 2 aromatic rings. The standard InChI is InChI=1S/C16H12ClNO3S/c17-13-10-11(4-8-16(20)18-21)3-5-12(13)6-7-14(19)15-2-1-9-22-15/h1-10,21H,(H,18,20)/b7-6+,8-4+. The van der Waals surface area contributed by atoms with Crippen LogP contribution in [0.1, 0.15) is 20.8 Å². The number of rotatable bonds is 5. The van der Waals surface area contributed by atoms with Gasteiger partial charge in [-0.15, -0.1) is 11.3 Å². The molecule has 2 rings (SSSR count). The number of ketones is 1. The number of amides is 1. The third-order valence-corrected chi connectivity index (χ3v) is 3.95. The van der Waals surface area contributed by atoms with E-state index in [1.165, 1.54) is 35.0 Å². The first-order valence-corrected chi connectivity index (χ1v) is 7.53. The molecular weight excluding hydrogens is 322 g/mol. The average Bonchev–Trinajstić information content (AvgIpc) is 3.05. The van der Waals surface area contributed by atoms with E-state index in [9.17, 15) is 9.59 Å². The summed E-state index contributed by atoms with van der Waals surface area (Å²) < 4.78 is 0. The first-order valence-electron chi connectivity index (χ1n) is 6.28. The lowest BCUT2D eigenvalue weighted by Gasteiger charge is -2.00. The van der Waals surface area contributed by atoms with Gasteiger partial charge in [0, 0.05) is 11.1 Å². The van der Waals surface area contributed by atoms with Crippen LogP contribution in [0.25, 0.3) is 12.2 Å². The number of nitrogens with one attached hydrogen (secondary N) is 1. The van der Waals surface area contributed by atoms with Gasteiger partial charge in [-0.05, 0) is 46.9 Å². The van der Waals surface area contributed by atoms with Gasteiger partial charge in [0.25, 0.3) is 5.91 Å². The van der Waals surface area contributed by atoms with Crippen molar-refractivity contribution >= 4 is 46.8 Å². The summed E-state index contributed by atoms with van der Waals surface area (Å²) in [6.45, 7) is 0. The Bertz CT molecular complexity index is 736. The van der Waals surface area contributed by atoms with Gasteiger partial charge in [-0.2, -0.15) is 0 Å². The van der Waals surface area contributed by atoms with Gasteiger partial charge in [0.2, 0.25) is 0 Å². The van der Waals surface area contributed by atoms with E-state index in [1.54, 1.807) is 30.3 Å². The predicted molar refractivity (Wildman–Crippen MR) is 88.1 cm³/mol. The molecule has 0 aliphatic rings. The molecule has 0 fully saturated rings. The Morgan fingerprint density at radius 3 is 2.64 bits per heavy atom. The van der Waals surface area contributed by atoms with E-state index in [-0.39, 0.29) is 5.78 Å². The highest BCUT2D eigenvalue weighted by molar-refractivity contribution is 7.12. The summed E-state index contributed by atoms with van der Waals surface area (Å²) in [6.07, 6.45) is 5.82. The molecular formula is C16H12ClNO3S. The zero-order valence-corrected chi connectivity index (χ0v) is 12.9. The molecule has 0 unspecified atom stereocenters. The summed E-state index contributed by atoms with van der Waals surface area (Å²) >= 11 is 7.53. The number of carbonyl (C=O) groups is 2. The second-order valence-corrected chi connectivity index (χ2v) is 5.62. The molecule has 2 N–H and O–H groups in total. The maximum Gasteiger partial charge on any atom is 0.267 e. The molecule has 0 atom stereocenters. The zero-order valence-electron chi connectivity index (χ0n) is 11.3. The Hall–Kier alpha value is -2.21. The SMILES string of the molecule is O=C(/C=C/c1ccc(/C=C/C(=O)c2cccs2)c(Cl)c1)NO. The van der Waals surface area contributed by atoms with E-state index < -0.39 is 5.91 Å². The Balaban J connectivity index is 2.11. The molecule has 0 spiro atoms. The largest absolute Gasteiger partial charge is 0.288 e. The molecule has 0 radical (unpaired) electrons. The van der Waals surface area contributed by atoms with Gasteiger partial charge in [-0.25, -0.2) is 5.48 Å². The summed E-state index contributed by atoms with van der Waals surface area (Å²) in [4.78, 5) is 23.4. The highest BCUT2D eigenvalue weighted by Crippen LogP contribution is 2.21. The smallest absolute Gasteiger partial charge is 0.267 e. The average molecular weight is 334 g/mol. The minimum atomic E-state index is -0.623. The van der Waals surface area contributed by atoms with Crippen molar-refractivity contribution in [3.63, 3.8) is 0 Å². The third-order valence-electron chi connectivity index (χ3n) is 2.74. The van der Waals surface area contributed by atoms with Crippen LogP contribution in [0.5, 0.6) is 0 Å². The molecule has 0 aliphatic heterocycles. The number of benzene rings is 1. The molecule has 0 bridgehead atoms. The zero-order chi connectivity index (χ0) is 15.9. The summed E-state index contributed by atoms with van der Waals surface area (Å²) in [5, 5.41) is 10.7. The van der Waals surface area contributed by atoms with Crippen LogP contribution in [-0.4, -0.2) is 16.9 Å². The van der Waals surface area contributed by atoms with E-state index in [0.29, 0.717) is 21.0 Å². The van der Waals surface area contributed by atoms with Crippen molar-refractivity contribution in [2.75, 3.05) is 0 Å². The molecule has 112 valence electrons. The molecule has 6 heteroatoms.